The molecule has 4 saturated heterocycles. The first-order valence-corrected chi connectivity index (χ1v) is 38.2. The summed E-state index contributed by atoms with van der Waals surface area (Å²) in [7, 11) is -14.3. The topological polar surface area (TPSA) is 347 Å². The Balaban J connectivity index is 0.000000140. The molecule has 12 fully saturated rings. The number of fused-ring (bicyclic) bond motifs is 4. The van der Waals surface area contributed by atoms with E-state index < -0.39 is 144 Å². The third-order valence-electron chi connectivity index (χ3n) is 21.4. The zero-order chi connectivity index (χ0) is 65.2. The maximum absolute atomic E-state index is 12.4. The first kappa shape index (κ1) is 68.9. The lowest BCUT2D eigenvalue weighted by Gasteiger charge is -2.48. The molecule has 21 atom stereocenters. The average molecular weight is 1390 g/mol. The summed E-state index contributed by atoms with van der Waals surface area (Å²) < 4.78 is 140. The summed E-state index contributed by atoms with van der Waals surface area (Å²) in [6.45, 7) is 28.4. The molecule has 0 radical (unpaired) electrons. The Morgan fingerprint density at radius 1 is 0.534 bits per heavy atom. The van der Waals surface area contributed by atoms with E-state index in [0.717, 1.165) is 71.4 Å². The monoisotopic (exact) mass is 1380 g/mol. The first-order chi connectivity index (χ1) is 40.7. The molecule has 0 spiro atoms. The van der Waals surface area contributed by atoms with E-state index in [-0.39, 0.29) is 90.3 Å². The molecule has 0 aromatic rings. The highest BCUT2D eigenvalue weighted by Gasteiger charge is 2.84. The van der Waals surface area contributed by atoms with Gasteiger partial charge in [0.1, 0.15) is 47.3 Å². The van der Waals surface area contributed by atoms with Crippen molar-refractivity contribution in [3.05, 3.63) is 50.6 Å². The lowest BCUT2D eigenvalue weighted by atomic mass is 9.66. The van der Waals surface area contributed by atoms with Gasteiger partial charge in [-0.1, -0.05) is 108 Å². The van der Waals surface area contributed by atoms with Gasteiger partial charge in [0.2, 0.25) is 20.5 Å². The zero-order valence-corrected chi connectivity index (χ0v) is 56.0. The number of carbonyl (C=O) groups is 8. The highest BCUT2D eigenvalue weighted by atomic mass is 32.2. The van der Waals surface area contributed by atoms with Gasteiger partial charge >= 0.3 is 23.9 Å². The van der Waals surface area contributed by atoms with Gasteiger partial charge in [-0.05, 0) is 94.9 Å². The van der Waals surface area contributed by atoms with Crippen molar-refractivity contribution in [3.63, 3.8) is 0 Å². The van der Waals surface area contributed by atoms with Crippen LogP contribution in [0.2, 0.25) is 0 Å². The molecule has 12 rings (SSSR count). The fourth-order valence-corrected chi connectivity index (χ4v) is 27.1. The number of hydrogen-bond acceptors (Lipinski definition) is 28. The van der Waals surface area contributed by atoms with Crippen molar-refractivity contribution in [3.8, 4) is 0 Å². The molecule has 8 bridgehead atoms. The van der Waals surface area contributed by atoms with E-state index in [1.54, 1.807) is 20.8 Å². The summed E-state index contributed by atoms with van der Waals surface area (Å²) in [4.78, 5) is 92.5. The van der Waals surface area contributed by atoms with Crippen LogP contribution < -0.4 is 0 Å². The summed E-state index contributed by atoms with van der Waals surface area (Å²) in [5, 5.41) is -3.16. The van der Waals surface area contributed by atoms with E-state index >= 15 is 0 Å². The third-order valence-corrected chi connectivity index (χ3v) is 31.8. The Morgan fingerprint density at radius 2 is 1.02 bits per heavy atom. The number of esters is 4. The van der Waals surface area contributed by atoms with Crippen LogP contribution in [0.3, 0.4) is 0 Å². The van der Waals surface area contributed by atoms with Crippen LogP contribution >= 0.6 is 47.0 Å². The molecular formula is C56H72O24S8. The van der Waals surface area contributed by atoms with Crippen molar-refractivity contribution in [2.45, 2.75) is 162 Å². The number of hydrogen-bond donors (Lipinski definition) is 0. The standard InChI is InChI=1S/C16H22O6S2.C14H18O6S2.2C13H16O6S2/c1-6-12(18)23-8-11(17)21-16(5)14(3)7-10-13(9(14)2)15(16,4)22-24(10,19)20;1-4-10(16)21-6-9(15)19-12-7-5-8-11(14(7,2)3)13(12)20-22(8,17)18;1-3-10(15)20-6-9(14)18-11-7-4-8-13(2,5-7)12(11)19-21(8,16)17;1-3-11(15)20-6-10(14)18-13(2)7-4-8-9(5-7)21(16,17)19-12(8)13/h6,9-10,13H,1,7-8H2,2-5H3;4,7-8,11-13H,1,5-6H2,2-3H3;3,7-8,11-12H,1,4-6H2,2H3;3,7-9,12H,1,4-6H2,2H3. The fourth-order valence-electron chi connectivity index (χ4n) is 17.0. The molecule has 8 aliphatic carbocycles. The molecule has 21 unspecified atom stereocenters. The zero-order valence-electron chi connectivity index (χ0n) is 49.5. The van der Waals surface area contributed by atoms with Crippen LogP contribution in [0, 0.1) is 57.7 Å². The van der Waals surface area contributed by atoms with Crippen LogP contribution in [0.25, 0.3) is 0 Å². The Hall–Kier alpha value is -3.44. The largest absolute Gasteiger partial charge is 0.459 e. The molecule has 12 aliphatic rings. The molecule has 8 saturated carbocycles. The second-order valence-electron chi connectivity index (χ2n) is 25.8. The summed E-state index contributed by atoms with van der Waals surface area (Å²) in [5.41, 5.74) is -4.26. The molecular weight excluding hydrogens is 1310 g/mol. The van der Waals surface area contributed by atoms with Gasteiger partial charge in [0, 0.05) is 46.3 Å². The Labute approximate surface area is 529 Å². The summed E-state index contributed by atoms with van der Waals surface area (Å²) >= 11 is 3.26. The van der Waals surface area contributed by atoms with E-state index in [1.165, 1.54) is 0 Å². The quantitative estimate of drug-likeness (QED) is 0.0870. The van der Waals surface area contributed by atoms with Crippen LogP contribution in [0.15, 0.2) is 50.6 Å². The fraction of sp³-hybridized carbons (Fsp3) is 0.714. The maximum Gasteiger partial charge on any atom is 0.317 e. The predicted molar refractivity (Wildman–Crippen MR) is 322 cm³/mol. The molecule has 0 amide bonds. The van der Waals surface area contributed by atoms with Crippen LogP contribution in [-0.4, -0.2) is 169 Å². The molecule has 88 heavy (non-hydrogen) atoms. The van der Waals surface area contributed by atoms with Gasteiger partial charge in [-0.25, -0.2) is 0 Å². The van der Waals surface area contributed by atoms with E-state index in [0.29, 0.717) is 38.5 Å². The number of ether oxygens (including phenoxy) is 4. The molecule has 0 aromatic carbocycles. The molecule has 4 heterocycles. The Kier molecular flexibility index (Phi) is 18.7. The highest BCUT2D eigenvalue weighted by Crippen LogP contribution is 2.74. The van der Waals surface area contributed by atoms with Crippen LogP contribution in [-0.2, 0) is 115 Å². The van der Waals surface area contributed by atoms with Crippen molar-refractivity contribution in [1.29, 1.82) is 0 Å². The molecule has 0 aromatic heterocycles. The summed E-state index contributed by atoms with van der Waals surface area (Å²) in [5.74, 6) is -2.99. The van der Waals surface area contributed by atoms with Gasteiger partial charge < -0.3 is 18.9 Å². The van der Waals surface area contributed by atoms with Crippen molar-refractivity contribution >= 4 is 132 Å². The second kappa shape index (κ2) is 23.8. The summed E-state index contributed by atoms with van der Waals surface area (Å²) in [6.07, 6.45) is 4.92. The lowest BCUT2D eigenvalue weighted by molar-refractivity contribution is -0.200. The molecule has 0 N–H and O–H groups in total. The molecule has 24 nitrogen and oxygen atoms in total. The van der Waals surface area contributed by atoms with E-state index in [2.05, 4.69) is 26.3 Å². The average Bonchev–Trinajstić information content (AvgIpc) is 1.49. The van der Waals surface area contributed by atoms with Crippen LogP contribution in [0.4, 0.5) is 0 Å². The minimum absolute atomic E-state index is 0.00108. The maximum atomic E-state index is 12.4. The van der Waals surface area contributed by atoms with Crippen molar-refractivity contribution in [2.24, 2.45) is 57.7 Å². The smallest absolute Gasteiger partial charge is 0.317 e. The lowest BCUT2D eigenvalue weighted by Crippen LogP contribution is -2.60. The highest BCUT2D eigenvalue weighted by molar-refractivity contribution is 8.15. The van der Waals surface area contributed by atoms with Gasteiger partial charge in [0.25, 0.3) is 40.5 Å². The van der Waals surface area contributed by atoms with Crippen LogP contribution in [0.5, 0.6) is 0 Å². The van der Waals surface area contributed by atoms with Gasteiger partial charge in [-0.15, -0.1) is 0 Å². The number of rotatable bonds is 16. The molecule has 32 heteroatoms. The number of thioether (sulfide) groups is 4. The van der Waals surface area contributed by atoms with E-state index in [4.69, 9.17) is 35.7 Å². The van der Waals surface area contributed by atoms with Gasteiger partial charge in [0.15, 0.2) is 0 Å². The number of carbonyl (C=O) groups excluding carboxylic acids is 8. The predicted octanol–water partition coefficient (Wildman–Crippen LogP) is 4.76. The SMILES string of the molecule is C=CC(=O)SCC(=O)OC1(C)C2(C)CC3C(C2C)C1(C)OS3(=O)=O.C=CC(=O)SCC(=O)OC1(C)C2CC3C1OS(=O)(=O)C3C2.C=CC(=O)SCC(=O)OC1C2CC3C(C)(C2)C1OS3(=O)=O.C=CC(=O)SCC(=O)OC1C2OS(=O)(=O)C3CC1C(C)(C)C23. The van der Waals surface area contributed by atoms with Crippen molar-refractivity contribution in [2.75, 3.05) is 23.0 Å². The van der Waals surface area contributed by atoms with E-state index in [9.17, 15) is 72.0 Å². The Bertz CT molecular complexity index is 3500. The van der Waals surface area contributed by atoms with Crippen molar-refractivity contribution < 1.29 is 108 Å². The van der Waals surface area contributed by atoms with Gasteiger partial charge in [-0.2, -0.15) is 33.7 Å². The second-order valence-corrected chi connectivity index (χ2v) is 36.8. The minimum Gasteiger partial charge on any atom is -0.459 e. The van der Waals surface area contributed by atoms with E-state index in [1.807, 2.05) is 34.6 Å². The minimum atomic E-state index is -3.66. The summed E-state index contributed by atoms with van der Waals surface area (Å²) in [6, 6.07) is 0. The molecule has 4 aliphatic heterocycles. The molecule has 488 valence electrons. The third kappa shape index (κ3) is 11.4. The van der Waals surface area contributed by atoms with Gasteiger partial charge in [-0.3, -0.25) is 55.1 Å². The normalized spacial score (nSPS) is 42.9. The first-order valence-electron chi connectivity index (χ1n) is 28.4. The van der Waals surface area contributed by atoms with Crippen molar-refractivity contribution in [1.82, 2.24) is 0 Å². The van der Waals surface area contributed by atoms with Gasteiger partial charge in [0.05, 0.1) is 44.0 Å². The Morgan fingerprint density at radius 3 is 1.56 bits per heavy atom. The van der Waals surface area contributed by atoms with Crippen LogP contribution in [0.1, 0.15) is 93.9 Å².